The summed E-state index contributed by atoms with van der Waals surface area (Å²) in [7, 11) is 1.95. The highest BCUT2D eigenvalue weighted by Crippen LogP contribution is 2.37. The average molecular weight is 620 g/mol. The van der Waals surface area contributed by atoms with E-state index in [-0.39, 0.29) is 12.1 Å². The quantitative estimate of drug-likeness (QED) is 0.181. The van der Waals surface area contributed by atoms with E-state index in [1.54, 1.807) is 4.90 Å². The number of fused-ring (bicyclic) bond motifs is 1. The van der Waals surface area contributed by atoms with Crippen LogP contribution >= 0.6 is 0 Å². The molecule has 1 amide bonds. The number of hydrogen-bond donors (Lipinski definition) is 0. The van der Waals surface area contributed by atoms with E-state index in [1.165, 1.54) is 0 Å². The molecule has 1 aliphatic rings. The first kappa shape index (κ1) is 31.0. The Bertz CT molecular complexity index is 1800. The predicted molar refractivity (Wildman–Crippen MR) is 180 cm³/mol. The van der Waals surface area contributed by atoms with Crippen LogP contribution in [0.1, 0.15) is 38.8 Å². The maximum absolute atomic E-state index is 12.7. The van der Waals surface area contributed by atoms with Gasteiger partial charge in [0.05, 0.1) is 11.1 Å². The summed E-state index contributed by atoms with van der Waals surface area (Å²) in [6.45, 7) is 10.5. The third kappa shape index (κ3) is 7.09. The first-order valence-corrected chi connectivity index (χ1v) is 15.7. The van der Waals surface area contributed by atoms with Crippen LogP contribution in [0.5, 0.6) is 11.8 Å². The number of carbonyl (C=O) groups excluding carboxylic acids is 1. The van der Waals surface area contributed by atoms with Crippen molar-refractivity contribution in [1.29, 1.82) is 0 Å². The number of carbonyl (C=O) groups is 1. The van der Waals surface area contributed by atoms with Crippen molar-refractivity contribution in [3.8, 4) is 23.0 Å². The molecule has 1 fully saturated rings. The van der Waals surface area contributed by atoms with E-state index >= 15 is 0 Å². The molecule has 1 saturated heterocycles. The first-order valence-electron chi connectivity index (χ1n) is 15.7. The van der Waals surface area contributed by atoms with Gasteiger partial charge in [0.2, 0.25) is 11.8 Å². The Morgan fingerprint density at radius 3 is 2.20 bits per heavy atom. The molecule has 0 saturated carbocycles. The van der Waals surface area contributed by atoms with Gasteiger partial charge in [0.15, 0.2) is 0 Å². The van der Waals surface area contributed by atoms with Crippen LogP contribution in [0.25, 0.3) is 22.2 Å². The van der Waals surface area contributed by atoms with E-state index in [0.29, 0.717) is 44.6 Å². The predicted octanol–water partition coefficient (Wildman–Crippen LogP) is 7.24. The summed E-state index contributed by atoms with van der Waals surface area (Å²) in [4.78, 5) is 21.6. The smallest absolute Gasteiger partial charge is 0.410 e. The summed E-state index contributed by atoms with van der Waals surface area (Å²) in [5.41, 5.74) is 5.25. The molecule has 0 radical (unpaired) electrons. The molecular weight excluding hydrogens is 578 g/mol. The van der Waals surface area contributed by atoms with Crippen molar-refractivity contribution in [2.45, 2.75) is 52.6 Å². The van der Waals surface area contributed by atoms with Crippen LogP contribution in [0.2, 0.25) is 0 Å². The fourth-order valence-electron chi connectivity index (χ4n) is 5.71. The molecule has 9 heteroatoms. The number of pyridine rings is 1. The molecule has 9 nitrogen and oxygen atoms in total. The van der Waals surface area contributed by atoms with Crippen LogP contribution in [-0.2, 0) is 25.0 Å². The van der Waals surface area contributed by atoms with Gasteiger partial charge in [-0.1, -0.05) is 60.7 Å². The lowest BCUT2D eigenvalue weighted by Crippen LogP contribution is -2.54. The Hall–Kier alpha value is -5.05. The van der Waals surface area contributed by atoms with Crippen molar-refractivity contribution in [1.82, 2.24) is 19.7 Å². The minimum Gasteiger partial charge on any atom is -0.473 e. The highest BCUT2D eigenvalue weighted by atomic mass is 16.6. The maximum Gasteiger partial charge on any atom is 0.410 e. The second kappa shape index (κ2) is 13.1. The molecule has 0 unspecified atom stereocenters. The Morgan fingerprint density at radius 2 is 1.54 bits per heavy atom. The number of hydrogen-bond acceptors (Lipinski definition) is 7. The zero-order chi connectivity index (χ0) is 32.3. The minimum atomic E-state index is -0.517. The van der Waals surface area contributed by atoms with Crippen LogP contribution < -0.4 is 14.4 Å². The van der Waals surface area contributed by atoms with Crippen LogP contribution in [0.3, 0.4) is 0 Å². The Balaban J connectivity index is 1.26. The van der Waals surface area contributed by atoms with E-state index in [2.05, 4.69) is 30.0 Å². The number of anilines is 1. The number of rotatable bonds is 8. The zero-order valence-corrected chi connectivity index (χ0v) is 27.1. The van der Waals surface area contributed by atoms with Gasteiger partial charge in [-0.05, 0) is 63.1 Å². The highest BCUT2D eigenvalue weighted by Gasteiger charge is 2.30. The molecule has 0 aliphatic carbocycles. The molecule has 238 valence electrons. The van der Waals surface area contributed by atoms with Gasteiger partial charge >= 0.3 is 6.09 Å². The van der Waals surface area contributed by atoms with Gasteiger partial charge in [-0.15, -0.1) is 0 Å². The second-order valence-electron chi connectivity index (χ2n) is 12.7. The molecule has 46 heavy (non-hydrogen) atoms. The van der Waals surface area contributed by atoms with Gasteiger partial charge in [0.25, 0.3) is 0 Å². The monoisotopic (exact) mass is 619 g/mol. The van der Waals surface area contributed by atoms with E-state index < -0.39 is 5.60 Å². The van der Waals surface area contributed by atoms with Crippen molar-refractivity contribution >= 4 is 22.7 Å². The lowest BCUT2D eigenvalue weighted by Gasteiger charge is -2.41. The van der Waals surface area contributed by atoms with E-state index in [0.717, 1.165) is 39.0 Å². The summed E-state index contributed by atoms with van der Waals surface area (Å²) < 4.78 is 19.9. The summed E-state index contributed by atoms with van der Waals surface area (Å²) in [5.74, 6) is 0.947. The molecule has 1 atom stereocenters. The average Bonchev–Trinajstić information content (AvgIpc) is 3.38. The summed E-state index contributed by atoms with van der Waals surface area (Å²) in [6, 6.07) is 30.4. The molecule has 3 heterocycles. The van der Waals surface area contributed by atoms with Crippen LogP contribution in [-0.4, -0.2) is 57.0 Å². The van der Waals surface area contributed by atoms with Gasteiger partial charge in [-0.25, -0.2) is 4.79 Å². The molecule has 5 aromatic rings. The fraction of sp³-hybridized carbons (Fsp3) is 0.324. The highest BCUT2D eigenvalue weighted by molar-refractivity contribution is 5.96. The van der Waals surface area contributed by atoms with Crippen LogP contribution in [0, 0.1) is 0 Å². The van der Waals surface area contributed by atoms with Gasteiger partial charge in [-0.3, -0.25) is 4.68 Å². The Kier molecular flexibility index (Phi) is 8.83. The fourth-order valence-corrected chi connectivity index (χ4v) is 5.71. The molecule has 3 aromatic carbocycles. The van der Waals surface area contributed by atoms with Crippen LogP contribution in [0.15, 0.2) is 91.0 Å². The third-order valence-corrected chi connectivity index (χ3v) is 7.98. The third-order valence-electron chi connectivity index (χ3n) is 7.98. The van der Waals surface area contributed by atoms with Crippen molar-refractivity contribution in [3.05, 3.63) is 102 Å². The molecule has 6 rings (SSSR count). The van der Waals surface area contributed by atoms with Crippen LogP contribution in [0.4, 0.5) is 10.5 Å². The SMILES string of the molecule is C[C@H]1CN(C(=O)OC(C)(C)C)CCN1c1ccc2c(-c3ccc(OCc4ccccc4)nc3OCc3ccccc3)nn(C)c2c1. The van der Waals surface area contributed by atoms with Gasteiger partial charge in [0, 0.05) is 49.9 Å². The van der Waals surface area contributed by atoms with E-state index in [1.807, 2.05) is 105 Å². The van der Waals surface area contributed by atoms with Gasteiger partial charge in [0.1, 0.15) is 24.5 Å². The van der Waals surface area contributed by atoms with Crippen molar-refractivity contribution in [2.75, 3.05) is 24.5 Å². The zero-order valence-electron chi connectivity index (χ0n) is 27.1. The van der Waals surface area contributed by atoms with Gasteiger partial charge in [-0.2, -0.15) is 10.1 Å². The Labute approximate surface area is 270 Å². The number of benzene rings is 3. The van der Waals surface area contributed by atoms with Crippen molar-refractivity contribution in [3.63, 3.8) is 0 Å². The number of ether oxygens (including phenoxy) is 3. The lowest BCUT2D eigenvalue weighted by atomic mass is 10.1. The number of amides is 1. The molecule has 0 bridgehead atoms. The molecular formula is C37H41N5O4. The van der Waals surface area contributed by atoms with E-state index in [4.69, 9.17) is 24.3 Å². The maximum atomic E-state index is 12.7. The number of aromatic nitrogens is 3. The minimum absolute atomic E-state index is 0.122. The molecule has 0 N–H and O–H groups in total. The molecule has 0 spiro atoms. The standard InChI is InChI=1S/C37H41N5O4/c1-26-23-41(36(43)46-37(2,3)4)20-21-42(26)29-16-17-30-32(22-29)40(5)39-34(30)31-18-19-33(44-24-27-12-8-6-9-13-27)38-35(31)45-25-28-14-10-7-11-15-28/h6-19,22,26H,20-21,23-25H2,1-5H3/t26-/m0/s1. The molecule has 1 aliphatic heterocycles. The molecule has 2 aromatic heterocycles. The largest absolute Gasteiger partial charge is 0.473 e. The summed E-state index contributed by atoms with van der Waals surface area (Å²) in [6.07, 6.45) is -0.263. The number of aryl methyl sites for hydroxylation is 1. The number of nitrogens with zero attached hydrogens (tertiary/aromatic N) is 5. The second-order valence-corrected chi connectivity index (χ2v) is 12.7. The summed E-state index contributed by atoms with van der Waals surface area (Å²) >= 11 is 0. The normalized spacial score (nSPS) is 15.2. The Morgan fingerprint density at radius 1 is 0.870 bits per heavy atom. The van der Waals surface area contributed by atoms with Crippen molar-refractivity contribution in [2.24, 2.45) is 7.05 Å². The summed E-state index contributed by atoms with van der Waals surface area (Å²) in [5, 5.41) is 5.94. The van der Waals surface area contributed by atoms with E-state index in [9.17, 15) is 4.79 Å². The van der Waals surface area contributed by atoms with Crippen molar-refractivity contribution < 1.29 is 19.0 Å². The first-order chi connectivity index (χ1) is 22.1. The lowest BCUT2D eigenvalue weighted by molar-refractivity contribution is 0.0219. The number of piperazine rings is 1. The van der Waals surface area contributed by atoms with Gasteiger partial charge < -0.3 is 24.0 Å². The topological polar surface area (TPSA) is 82.0 Å².